The smallest absolute Gasteiger partial charge is 0.128 e. The molecular formula is C9H12FNO. The summed E-state index contributed by atoms with van der Waals surface area (Å²) in [7, 11) is 0. The summed E-state index contributed by atoms with van der Waals surface area (Å²) in [5, 5.41) is 12.0. The summed E-state index contributed by atoms with van der Waals surface area (Å²) in [6.07, 6.45) is 0.970. The van der Waals surface area contributed by atoms with E-state index in [2.05, 4.69) is 5.32 Å². The van der Waals surface area contributed by atoms with Crippen LogP contribution >= 0.6 is 0 Å². The highest BCUT2D eigenvalue weighted by molar-refractivity contribution is 5.48. The van der Waals surface area contributed by atoms with Crippen molar-refractivity contribution in [2.24, 2.45) is 0 Å². The van der Waals surface area contributed by atoms with E-state index in [1.54, 1.807) is 0 Å². The van der Waals surface area contributed by atoms with Crippen molar-refractivity contribution in [3.05, 3.63) is 24.0 Å². The largest absolute Gasteiger partial charge is 0.508 e. The first-order valence-electron chi connectivity index (χ1n) is 3.96. The lowest BCUT2D eigenvalue weighted by Crippen LogP contribution is -1.99. The molecule has 0 radical (unpaired) electrons. The van der Waals surface area contributed by atoms with Crippen molar-refractivity contribution in [2.75, 3.05) is 11.9 Å². The number of benzene rings is 1. The van der Waals surface area contributed by atoms with E-state index in [9.17, 15) is 4.39 Å². The van der Waals surface area contributed by atoms with Crippen LogP contribution < -0.4 is 5.32 Å². The number of phenols is 1. The van der Waals surface area contributed by atoms with Crippen molar-refractivity contribution >= 4 is 5.69 Å². The molecule has 66 valence electrons. The van der Waals surface area contributed by atoms with E-state index in [0.29, 0.717) is 5.69 Å². The first kappa shape index (κ1) is 8.84. The van der Waals surface area contributed by atoms with Gasteiger partial charge in [-0.1, -0.05) is 6.92 Å². The molecule has 2 N–H and O–H groups in total. The quantitative estimate of drug-likeness (QED) is 0.728. The van der Waals surface area contributed by atoms with Crippen molar-refractivity contribution in [3.8, 4) is 5.75 Å². The van der Waals surface area contributed by atoms with Gasteiger partial charge in [-0.15, -0.1) is 0 Å². The zero-order chi connectivity index (χ0) is 8.97. The maximum Gasteiger partial charge on any atom is 0.128 e. The Morgan fingerprint density at radius 3 is 2.75 bits per heavy atom. The average Bonchev–Trinajstić information content (AvgIpc) is 1.99. The Balaban J connectivity index is 2.72. The molecule has 1 aromatic rings. The van der Waals surface area contributed by atoms with Gasteiger partial charge in [0, 0.05) is 24.4 Å². The summed E-state index contributed by atoms with van der Waals surface area (Å²) in [4.78, 5) is 0. The lowest BCUT2D eigenvalue weighted by molar-refractivity contribution is 0.469. The summed E-state index contributed by atoms with van der Waals surface area (Å²) >= 11 is 0. The molecule has 0 aliphatic carbocycles. The van der Waals surface area contributed by atoms with Crippen molar-refractivity contribution in [1.82, 2.24) is 0 Å². The van der Waals surface area contributed by atoms with Crippen LogP contribution in [0.4, 0.5) is 10.1 Å². The fraction of sp³-hybridized carbons (Fsp3) is 0.333. The standard InChI is InChI=1S/C9H12FNO/c1-2-3-11-8-4-7(10)5-9(12)6-8/h4-6,11-12H,2-3H2,1H3. The molecule has 0 aliphatic heterocycles. The third-order valence-corrected chi connectivity index (χ3v) is 1.46. The van der Waals surface area contributed by atoms with Crippen LogP contribution in [0.3, 0.4) is 0 Å². The van der Waals surface area contributed by atoms with Crippen LogP contribution in [0, 0.1) is 5.82 Å². The summed E-state index contributed by atoms with van der Waals surface area (Å²) in [6, 6.07) is 3.94. The van der Waals surface area contributed by atoms with E-state index >= 15 is 0 Å². The van der Waals surface area contributed by atoms with Crippen molar-refractivity contribution in [2.45, 2.75) is 13.3 Å². The molecule has 0 aliphatic rings. The minimum Gasteiger partial charge on any atom is -0.508 e. The van der Waals surface area contributed by atoms with Gasteiger partial charge in [0.05, 0.1) is 0 Å². The molecule has 1 aromatic carbocycles. The molecule has 0 spiro atoms. The zero-order valence-electron chi connectivity index (χ0n) is 6.97. The summed E-state index contributed by atoms with van der Waals surface area (Å²) < 4.78 is 12.7. The fourth-order valence-corrected chi connectivity index (χ4v) is 0.946. The van der Waals surface area contributed by atoms with Crippen molar-refractivity contribution < 1.29 is 9.50 Å². The van der Waals surface area contributed by atoms with Gasteiger partial charge in [0.1, 0.15) is 11.6 Å². The number of aromatic hydroxyl groups is 1. The molecule has 0 bridgehead atoms. The number of hydrogen-bond acceptors (Lipinski definition) is 2. The number of nitrogens with one attached hydrogen (secondary N) is 1. The fourth-order valence-electron chi connectivity index (χ4n) is 0.946. The Hall–Kier alpha value is -1.25. The molecule has 2 nitrogen and oxygen atoms in total. The molecule has 0 saturated heterocycles. The van der Waals surface area contributed by atoms with Gasteiger partial charge in [-0.05, 0) is 12.5 Å². The minimum absolute atomic E-state index is 0.0476. The van der Waals surface area contributed by atoms with E-state index in [1.807, 2.05) is 6.92 Å². The number of anilines is 1. The molecule has 0 amide bonds. The van der Waals surface area contributed by atoms with Gasteiger partial charge in [0.15, 0.2) is 0 Å². The molecule has 0 saturated carbocycles. The van der Waals surface area contributed by atoms with Gasteiger partial charge >= 0.3 is 0 Å². The topological polar surface area (TPSA) is 32.3 Å². The van der Waals surface area contributed by atoms with Gasteiger partial charge in [-0.2, -0.15) is 0 Å². The third kappa shape index (κ3) is 2.42. The molecule has 0 atom stereocenters. The predicted molar refractivity (Wildman–Crippen MR) is 46.8 cm³/mol. The second kappa shape index (κ2) is 3.95. The van der Waals surface area contributed by atoms with Crippen LogP contribution in [-0.4, -0.2) is 11.7 Å². The molecule has 1 rings (SSSR count). The van der Waals surface area contributed by atoms with Crippen molar-refractivity contribution in [3.63, 3.8) is 0 Å². The van der Waals surface area contributed by atoms with Crippen LogP contribution in [0.15, 0.2) is 18.2 Å². The van der Waals surface area contributed by atoms with Gasteiger partial charge in [0.2, 0.25) is 0 Å². The van der Waals surface area contributed by atoms with Crippen LogP contribution in [0.5, 0.6) is 5.75 Å². The first-order chi connectivity index (χ1) is 5.72. The molecule has 0 heterocycles. The predicted octanol–water partition coefficient (Wildman–Crippen LogP) is 2.35. The molecule has 12 heavy (non-hydrogen) atoms. The highest BCUT2D eigenvalue weighted by atomic mass is 19.1. The van der Waals surface area contributed by atoms with Gasteiger partial charge < -0.3 is 10.4 Å². The van der Waals surface area contributed by atoms with E-state index in [0.717, 1.165) is 19.0 Å². The Morgan fingerprint density at radius 1 is 1.42 bits per heavy atom. The van der Waals surface area contributed by atoms with E-state index in [-0.39, 0.29) is 5.75 Å². The zero-order valence-corrected chi connectivity index (χ0v) is 6.97. The lowest BCUT2D eigenvalue weighted by Gasteiger charge is -2.04. The van der Waals surface area contributed by atoms with Gasteiger partial charge in [0.25, 0.3) is 0 Å². The Kier molecular flexibility index (Phi) is 2.91. The Morgan fingerprint density at radius 2 is 2.17 bits per heavy atom. The highest BCUT2D eigenvalue weighted by Gasteiger charge is 1.97. The number of rotatable bonds is 3. The normalized spacial score (nSPS) is 9.83. The molecule has 0 aromatic heterocycles. The molecule has 0 fully saturated rings. The Bertz CT molecular complexity index is 242. The average molecular weight is 169 g/mol. The molecular weight excluding hydrogens is 157 g/mol. The summed E-state index contributed by atoms with van der Waals surface area (Å²) in [6.45, 7) is 2.80. The third-order valence-electron chi connectivity index (χ3n) is 1.46. The second-order valence-corrected chi connectivity index (χ2v) is 2.62. The summed E-state index contributed by atoms with van der Waals surface area (Å²) in [5.74, 6) is -0.470. The van der Waals surface area contributed by atoms with E-state index < -0.39 is 5.82 Å². The van der Waals surface area contributed by atoms with Crippen LogP contribution in [0.1, 0.15) is 13.3 Å². The molecule has 3 heteroatoms. The van der Waals surface area contributed by atoms with Gasteiger partial charge in [-0.25, -0.2) is 4.39 Å². The first-order valence-corrected chi connectivity index (χ1v) is 3.96. The molecule has 0 unspecified atom stereocenters. The SMILES string of the molecule is CCCNc1cc(O)cc(F)c1. The number of phenolic OH excluding ortho intramolecular Hbond substituents is 1. The maximum atomic E-state index is 12.7. The van der Waals surface area contributed by atoms with E-state index in [4.69, 9.17) is 5.11 Å². The van der Waals surface area contributed by atoms with Crippen molar-refractivity contribution in [1.29, 1.82) is 0 Å². The maximum absolute atomic E-state index is 12.7. The number of halogens is 1. The van der Waals surface area contributed by atoms with Crippen LogP contribution in [0.25, 0.3) is 0 Å². The number of hydrogen-bond donors (Lipinski definition) is 2. The lowest BCUT2D eigenvalue weighted by atomic mass is 10.3. The second-order valence-electron chi connectivity index (χ2n) is 2.62. The monoisotopic (exact) mass is 169 g/mol. The van der Waals surface area contributed by atoms with Gasteiger partial charge in [-0.3, -0.25) is 0 Å². The van der Waals surface area contributed by atoms with Crippen LogP contribution in [-0.2, 0) is 0 Å². The summed E-state index contributed by atoms with van der Waals surface area (Å²) in [5.41, 5.74) is 0.620. The highest BCUT2D eigenvalue weighted by Crippen LogP contribution is 2.18. The Labute approximate surface area is 71.0 Å². The minimum atomic E-state index is -0.423. The van der Waals surface area contributed by atoms with E-state index in [1.165, 1.54) is 12.1 Å². The van der Waals surface area contributed by atoms with Crippen LogP contribution in [0.2, 0.25) is 0 Å².